The van der Waals surface area contributed by atoms with Crippen molar-refractivity contribution in [3.8, 4) is 0 Å². The summed E-state index contributed by atoms with van der Waals surface area (Å²) >= 11 is 1.90. The third-order valence-corrected chi connectivity index (χ3v) is 3.60. The third kappa shape index (κ3) is 4.08. The van der Waals surface area contributed by atoms with Crippen LogP contribution in [0.5, 0.6) is 0 Å². The number of anilines is 1. The van der Waals surface area contributed by atoms with Gasteiger partial charge in [-0.05, 0) is 24.6 Å². The Balaban J connectivity index is 1.84. The summed E-state index contributed by atoms with van der Waals surface area (Å²) in [6.45, 7) is 3.05. The predicted octanol–water partition coefficient (Wildman–Crippen LogP) is 3.95. The smallest absolute Gasteiger partial charge is 0.0523 e. The lowest BCUT2D eigenvalue weighted by atomic mass is 10.2. The average Bonchev–Trinajstić information content (AvgIpc) is 2.41. The van der Waals surface area contributed by atoms with Crippen LogP contribution in [-0.4, -0.2) is 11.5 Å². The van der Waals surface area contributed by atoms with Crippen molar-refractivity contribution >= 4 is 17.4 Å². The maximum absolute atomic E-state index is 4.39. The van der Waals surface area contributed by atoms with Gasteiger partial charge in [-0.3, -0.25) is 4.98 Å². The molecule has 1 heterocycles. The number of rotatable bonds is 6. The molecule has 0 radical (unpaired) electrons. The molecule has 2 nitrogen and oxygen atoms in total. The summed E-state index contributed by atoms with van der Waals surface area (Å²) in [5.74, 6) is 1.99. The van der Waals surface area contributed by atoms with Crippen molar-refractivity contribution in [1.29, 1.82) is 0 Å². The summed E-state index contributed by atoms with van der Waals surface area (Å²) in [6.07, 6.45) is 1.87. The van der Waals surface area contributed by atoms with Gasteiger partial charge in [0.25, 0.3) is 0 Å². The molecular weight excluding hydrogens is 240 g/mol. The standard InChI is InChI=1S/C15H18N2S/c1-2-16-14-8-9-17-15(10-14)12-18-11-13-6-4-3-5-7-13/h3-10H,2,11-12H2,1H3,(H,16,17). The summed E-state index contributed by atoms with van der Waals surface area (Å²) < 4.78 is 0. The molecule has 0 bridgehead atoms. The Hall–Kier alpha value is -1.48. The fourth-order valence-electron chi connectivity index (χ4n) is 1.72. The van der Waals surface area contributed by atoms with Crippen LogP contribution in [-0.2, 0) is 11.5 Å². The van der Waals surface area contributed by atoms with Gasteiger partial charge in [-0.15, -0.1) is 0 Å². The minimum absolute atomic E-state index is 0.945. The van der Waals surface area contributed by atoms with Crippen LogP contribution in [0.1, 0.15) is 18.2 Å². The van der Waals surface area contributed by atoms with Gasteiger partial charge in [0.1, 0.15) is 0 Å². The highest BCUT2D eigenvalue weighted by Crippen LogP contribution is 2.18. The minimum atomic E-state index is 0.945. The Labute approximate surface area is 113 Å². The molecule has 0 unspecified atom stereocenters. The van der Waals surface area contributed by atoms with Gasteiger partial charge in [0.2, 0.25) is 0 Å². The number of aromatic nitrogens is 1. The average molecular weight is 258 g/mol. The van der Waals surface area contributed by atoms with E-state index in [1.54, 1.807) is 0 Å². The molecule has 1 aromatic carbocycles. The van der Waals surface area contributed by atoms with E-state index in [0.29, 0.717) is 0 Å². The number of benzene rings is 1. The molecule has 1 aromatic heterocycles. The minimum Gasteiger partial charge on any atom is -0.385 e. The van der Waals surface area contributed by atoms with Crippen LogP contribution >= 0.6 is 11.8 Å². The van der Waals surface area contributed by atoms with Crippen LogP contribution < -0.4 is 5.32 Å². The molecule has 0 amide bonds. The fraction of sp³-hybridized carbons (Fsp3) is 0.267. The Bertz CT molecular complexity index is 471. The number of hydrogen-bond donors (Lipinski definition) is 1. The van der Waals surface area contributed by atoms with Crippen LogP contribution in [0.15, 0.2) is 48.7 Å². The van der Waals surface area contributed by atoms with Crippen molar-refractivity contribution < 1.29 is 0 Å². The molecule has 1 N–H and O–H groups in total. The normalized spacial score (nSPS) is 10.3. The predicted molar refractivity (Wildman–Crippen MR) is 79.8 cm³/mol. The first kappa shape index (κ1) is 13.0. The molecule has 3 heteroatoms. The van der Waals surface area contributed by atoms with E-state index in [4.69, 9.17) is 0 Å². The van der Waals surface area contributed by atoms with Crippen LogP contribution in [0.4, 0.5) is 5.69 Å². The van der Waals surface area contributed by atoms with E-state index < -0.39 is 0 Å². The van der Waals surface area contributed by atoms with E-state index in [2.05, 4.69) is 53.6 Å². The number of nitrogens with one attached hydrogen (secondary N) is 1. The molecule has 0 saturated heterocycles. The Kier molecular flexibility index (Phi) is 5.09. The van der Waals surface area contributed by atoms with E-state index in [0.717, 1.165) is 29.4 Å². The van der Waals surface area contributed by atoms with Crippen molar-refractivity contribution in [1.82, 2.24) is 4.98 Å². The second-order valence-electron chi connectivity index (χ2n) is 4.04. The number of nitrogens with zero attached hydrogens (tertiary/aromatic N) is 1. The summed E-state index contributed by atoms with van der Waals surface area (Å²) in [5, 5.41) is 3.31. The highest BCUT2D eigenvalue weighted by Gasteiger charge is 1.98. The van der Waals surface area contributed by atoms with Gasteiger partial charge in [-0.1, -0.05) is 30.3 Å². The molecule has 0 saturated carbocycles. The first-order valence-corrected chi connectivity index (χ1v) is 7.34. The molecule has 0 fully saturated rings. The molecule has 0 aliphatic carbocycles. The van der Waals surface area contributed by atoms with Crippen LogP contribution in [0.3, 0.4) is 0 Å². The van der Waals surface area contributed by atoms with Gasteiger partial charge < -0.3 is 5.32 Å². The van der Waals surface area contributed by atoms with Crippen LogP contribution in [0, 0.1) is 0 Å². The quantitative estimate of drug-likeness (QED) is 0.849. The Morgan fingerprint density at radius 1 is 1.11 bits per heavy atom. The third-order valence-electron chi connectivity index (χ3n) is 2.56. The topological polar surface area (TPSA) is 24.9 Å². The highest BCUT2D eigenvalue weighted by atomic mass is 32.2. The van der Waals surface area contributed by atoms with E-state index in [9.17, 15) is 0 Å². The van der Waals surface area contributed by atoms with Gasteiger partial charge in [0.15, 0.2) is 0 Å². The number of hydrogen-bond acceptors (Lipinski definition) is 3. The first-order valence-electron chi connectivity index (χ1n) is 6.19. The second kappa shape index (κ2) is 7.07. The van der Waals surface area contributed by atoms with Crippen molar-refractivity contribution in [3.05, 3.63) is 59.9 Å². The zero-order chi connectivity index (χ0) is 12.6. The van der Waals surface area contributed by atoms with Gasteiger partial charge in [-0.2, -0.15) is 11.8 Å². The molecule has 0 spiro atoms. The summed E-state index contributed by atoms with van der Waals surface area (Å²) in [7, 11) is 0. The van der Waals surface area contributed by atoms with Crippen molar-refractivity contribution in [2.24, 2.45) is 0 Å². The van der Waals surface area contributed by atoms with Crippen LogP contribution in [0.2, 0.25) is 0 Å². The van der Waals surface area contributed by atoms with E-state index in [1.807, 2.05) is 24.0 Å². The molecule has 18 heavy (non-hydrogen) atoms. The van der Waals surface area contributed by atoms with Crippen molar-refractivity contribution in [2.45, 2.75) is 18.4 Å². The number of thioether (sulfide) groups is 1. The van der Waals surface area contributed by atoms with Gasteiger partial charge >= 0.3 is 0 Å². The second-order valence-corrected chi connectivity index (χ2v) is 5.03. The van der Waals surface area contributed by atoms with E-state index >= 15 is 0 Å². The molecule has 2 aromatic rings. The largest absolute Gasteiger partial charge is 0.385 e. The van der Waals surface area contributed by atoms with Crippen molar-refractivity contribution in [3.63, 3.8) is 0 Å². The SMILES string of the molecule is CCNc1ccnc(CSCc2ccccc2)c1. The van der Waals surface area contributed by atoms with E-state index in [1.165, 1.54) is 5.56 Å². The molecule has 2 rings (SSSR count). The highest BCUT2D eigenvalue weighted by molar-refractivity contribution is 7.97. The summed E-state index contributed by atoms with van der Waals surface area (Å²) in [5.41, 5.74) is 3.66. The molecular formula is C15H18N2S. The Morgan fingerprint density at radius 3 is 2.72 bits per heavy atom. The maximum atomic E-state index is 4.39. The van der Waals surface area contributed by atoms with Crippen molar-refractivity contribution in [2.75, 3.05) is 11.9 Å². The van der Waals surface area contributed by atoms with E-state index in [-0.39, 0.29) is 0 Å². The zero-order valence-electron chi connectivity index (χ0n) is 10.6. The lowest BCUT2D eigenvalue weighted by molar-refractivity contribution is 1.15. The molecule has 0 aliphatic rings. The Morgan fingerprint density at radius 2 is 1.94 bits per heavy atom. The first-order chi connectivity index (χ1) is 8.88. The molecule has 0 aliphatic heterocycles. The molecule has 0 atom stereocenters. The lowest BCUT2D eigenvalue weighted by Gasteiger charge is -2.05. The zero-order valence-corrected chi connectivity index (χ0v) is 11.4. The summed E-state index contributed by atoms with van der Waals surface area (Å²) in [4.78, 5) is 4.39. The fourth-order valence-corrected chi connectivity index (χ4v) is 2.62. The number of pyridine rings is 1. The molecule has 94 valence electrons. The van der Waals surface area contributed by atoms with Gasteiger partial charge in [0, 0.05) is 29.9 Å². The van der Waals surface area contributed by atoms with Gasteiger partial charge in [0.05, 0.1) is 5.69 Å². The summed E-state index contributed by atoms with van der Waals surface area (Å²) in [6, 6.07) is 14.7. The van der Waals surface area contributed by atoms with Crippen LogP contribution in [0.25, 0.3) is 0 Å². The van der Waals surface area contributed by atoms with Gasteiger partial charge in [-0.25, -0.2) is 0 Å². The monoisotopic (exact) mass is 258 g/mol. The maximum Gasteiger partial charge on any atom is 0.0523 e. The lowest BCUT2D eigenvalue weighted by Crippen LogP contribution is -1.98.